The maximum absolute atomic E-state index is 5.88. The van der Waals surface area contributed by atoms with Gasteiger partial charge in [0.2, 0.25) is 0 Å². The molecule has 3 rings (SSSR count). The molecule has 1 aromatic heterocycles. The van der Waals surface area contributed by atoms with Crippen molar-refractivity contribution >= 4 is 11.8 Å². The summed E-state index contributed by atoms with van der Waals surface area (Å²) in [5.41, 5.74) is 2.45. The van der Waals surface area contributed by atoms with Crippen LogP contribution in [0.4, 0.5) is 0 Å². The van der Waals surface area contributed by atoms with Gasteiger partial charge in [0.05, 0.1) is 6.54 Å². The summed E-state index contributed by atoms with van der Waals surface area (Å²) >= 11 is 1.70. The van der Waals surface area contributed by atoms with Crippen LogP contribution in [0.2, 0.25) is 0 Å². The topological polar surface area (TPSA) is 39.9 Å². The Morgan fingerprint density at radius 2 is 1.75 bits per heavy atom. The lowest BCUT2D eigenvalue weighted by atomic mass is 10.2. The number of aromatic nitrogens is 3. The third-order valence-corrected chi connectivity index (χ3v) is 4.49. The van der Waals surface area contributed by atoms with Crippen LogP contribution in [0, 0.1) is 6.92 Å². The van der Waals surface area contributed by atoms with Crippen molar-refractivity contribution < 1.29 is 4.74 Å². The molecule has 0 spiro atoms. The van der Waals surface area contributed by atoms with Gasteiger partial charge in [-0.05, 0) is 30.4 Å². The molecule has 0 amide bonds. The van der Waals surface area contributed by atoms with E-state index in [-0.39, 0.29) is 0 Å². The molecule has 0 aliphatic carbocycles. The van der Waals surface area contributed by atoms with Crippen molar-refractivity contribution in [3.63, 3.8) is 0 Å². The van der Waals surface area contributed by atoms with Crippen molar-refractivity contribution in [3.8, 4) is 5.75 Å². The summed E-state index contributed by atoms with van der Waals surface area (Å²) in [5.74, 6) is 2.65. The molecule has 2 aromatic carbocycles. The van der Waals surface area contributed by atoms with Gasteiger partial charge < -0.3 is 4.74 Å². The molecule has 124 valence electrons. The summed E-state index contributed by atoms with van der Waals surface area (Å²) in [7, 11) is 0. The van der Waals surface area contributed by atoms with Crippen molar-refractivity contribution in [3.05, 3.63) is 71.5 Å². The fraction of sp³-hybridized carbons (Fsp3) is 0.263. The molecule has 0 radical (unpaired) electrons. The average Bonchev–Trinajstić information content (AvgIpc) is 2.98. The minimum absolute atomic E-state index is 0.410. The van der Waals surface area contributed by atoms with Crippen molar-refractivity contribution in [2.24, 2.45) is 0 Å². The monoisotopic (exact) mass is 339 g/mol. The van der Waals surface area contributed by atoms with Gasteiger partial charge in [0.1, 0.15) is 12.4 Å². The highest BCUT2D eigenvalue weighted by atomic mass is 32.2. The molecule has 4 nitrogen and oxygen atoms in total. The summed E-state index contributed by atoms with van der Waals surface area (Å²) in [6.07, 6.45) is 0. The zero-order valence-corrected chi connectivity index (χ0v) is 14.8. The van der Waals surface area contributed by atoms with E-state index in [1.807, 2.05) is 30.3 Å². The number of thioether (sulfide) groups is 1. The molecular weight excluding hydrogens is 318 g/mol. The van der Waals surface area contributed by atoms with Gasteiger partial charge in [-0.25, -0.2) is 0 Å². The fourth-order valence-electron chi connectivity index (χ4n) is 2.37. The van der Waals surface area contributed by atoms with Crippen molar-refractivity contribution in [2.75, 3.05) is 5.75 Å². The number of rotatable bonds is 7. The Bertz CT molecular complexity index is 769. The number of aryl methyl sites for hydroxylation is 1. The van der Waals surface area contributed by atoms with Crippen LogP contribution in [0.25, 0.3) is 0 Å². The molecule has 24 heavy (non-hydrogen) atoms. The van der Waals surface area contributed by atoms with Gasteiger partial charge in [0.25, 0.3) is 0 Å². The lowest BCUT2D eigenvalue weighted by Crippen LogP contribution is -2.09. The maximum Gasteiger partial charge on any atom is 0.191 e. The predicted octanol–water partition coefficient (Wildman–Crippen LogP) is 4.33. The van der Waals surface area contributed by atoms with E-state index < -0.39 is 0 Å². The van der Waals surface area contributed by atoms with Gasteiger partial charge in [-0.2, -0.15) is 0 Å². The molecular formula is C19H21N3OS. The zero-order valence-electron chi connectivity index (χ0n) is 14.0. The average molecular weight is 339 g/mol. The van der Waals surface area contributed by atoms with Crippen LogP contribution in [-0.4, -0.2) is 20.5 Å². The summed E-state index contributed by atoms with van der Waals surface area (Å²) in [6.45, 7) is 5.35. The van der Waals surface area contributed by atoms with E-state index in [4.69, 9.17) is 4.74 Å². The molecule has 0 unspecified atom stereocenters. The maximum atomic E-state index is 5.88. The van der Waals surface area contributed by atoms with Crippen LogP contribution < -0.4 is 4.74 Å². The Hall–Kier alpha value is -2.27. The molecule has 0 aliphatic rings. The van der Waals surface area contributed by atoms with Gasteiger partial charge in [-0.3, -0.25) is 4.57 Å². The first kappa shape index (κ1) is 16.6. The molecule has 0 saturated carbocycles. The zero-order chi connectivity index (χ0) is 16.8. The van der Waals surface area contributed by atoms with Crippen molar-refractivity contribution in [1.29, 1.82) is 0 Å². The molecule has 1 heterocycles. The third-order valence-electron chi connectivity index (χ3n) is 3.64. The second-order valence-corrected chi connectivity index (χ2v) is 6.74. The van der Waals surface area contributed by atoms with E-state index in [1.165, 1.54) is 11.1 Å². The second-order valence-electron chi connectivity index (χ2n) is 5.51. The van der Waals surface area contributed by atoms with Crippen LogP contribution >= 0.6 is 11.8 Å². The molecule has 0 fully saturated rings. The van der Waals surface area contributed by atoms with Crippen LogP contribution in [0.5, 0.6) is 5.75 Å². The molecule has 5 heteroatoms. The van der Waals surface area contributed by atoms with Crippen LogP contribution in [0.15, 0.2) is 59.8 Å². The van der Waals surface area contributed by atoms with Gasteiger partial charge in [-0.15, -0.1) is 10.2 Å². The van der Waals surface area contributed by atoms with Crippen molar-refractivity contribution in [1.82, 2.24) is 14.8 Å². The molecule has 0 bridgehead atoms. The molecule has 0 aliphatic heterocycles. The summed E-state index contributed by atoms with van der Waals surface area (Å²) in [5, 5.41) is 9.59. The Morgan fingerprint density at radius 1 is 1.00 bits per heavy atom. The number of ether oxygens (including phenoxy) is 1. The first-order valence-electron chi connectivity index (χ1n) is 8.04. The lowest BCUT2D eigenvalue weighted by molar-refractivity contribution is 0.289. The van der Waals surface area contributed by atoms with Gasteiger partial charge in [0.15, 0.2) is 11.0 Å². The second kappa shape index (κ2) is 8.02. The van der Waals surface area contributed by atoms with E-state index in [0.29, 0.717) is 6.61 Å². The SMILES string of the molecule is CCSc1nnc(COc2ccc(C)cc2)n1Cc1ccccc1. The minimum Gasteiger partial charge on any atom is -0.486 e. The number of hydrogen-bond acceptors (Lipinski definition) is 4. The predicted molar refractivity (Wildman–Crippen MR) is 97.5 cm³/mol. The first-order chi connectivity index (χ1) is 11.8. The number of hydrogen-bond donors (Lipinski definition) is 0. The number of nitrogens with zero attached hydrogens (tertiary/aromatic N) is 3. The van der Waals surface area contributed by atoms with Crippen LogP contribution in [-0.2, 0) is 13.2 Å². The Balaban J connectivity index is 1.77. The smallest absolute Gasteiger partial charge is 0.191 e. The van der Waals surface area contributed by atoms with E-state index >= 15 is 0 Å². The van der Waals surface area contributed by atoms with Gasteiger partial charge in [-0.1, -0.05) is 66.7 Å². The Kier molecular flexibility index (Phi) is 5.54. The first-order valence-corrected chi connectivity index (χ1v) is 9.03. The third kappa shape index (κ3) is 4.17. The standard InChI is InChI=1S/C19H21N3OS/c1-3-24-19-21-20-18(14-23-17-11-9-15(2)10-12-17)22(19)13-16-7-5-4-6-8-16/h4-12H,3,13-14H2,1-2H3. The highest BCUT2D eigenvalue weighted by Crippen LogP contribution is 2.20. The van der Waals surface area contributed by atoms with Gasteiger partial charge >= 0.3 is 0 Å². The van der Waals surface area contributed by atoms with Gasteiger partial charge in [0, 0.05) is 0 Å². The van der Waals surface area contributed by atoms with E-state index in [0.717, 1.165) is 29.0 Å². The summed E-state index contributed by atoms with van der Waals surface area (Å²) in [6, 6.07) is 18.4. The van der Waals surface area contributed by atoms with Crippen LogP contribution in [0.1, 0.15) is 23.9 Å². The van der Waals surface area contributed by atoms with E-state index in [1.54, 1.807) is 11.8 Å². The molecule has 3 aromatic rings. The van der Waals surface area contributed by atoms with E-state index in [9.17, 15) is 0 Å². The van der Waals surface area contributed by atoms with Crippen LogP contribution in [0.3, 0.4) is 0 Å². The fourth-order valence-corrected chi connectivity index (χ4v) is 3.05. The highest BCUT2D eigenvalue weighted by Gasteiger charge is 2.13. The molecule has 0 N–H and O–H groups in total. The highest BCUT2D eigenvalue weighted by molar-refractivity contribution is 7.99. The molecule has 0 saturated heterocycles. The quantitative estimate of drug-likeness (QED) is 0.601. The lowest BCUT2D eigenvalue weighted by Gasteiger charge is -2.11. The number of benzene rings is 2. The Morgan fingerprint density at radius 3 is 2.46 bits per heavy atom. The Labute approximate surface area is 146 Å². The van der Waals surface area contributed by atoms with Crippen molar-refractivity contribution in [2.45, 2.75) is 32.2 Å². The summed E-state index contributed by atoms with van der Waals surface area (Å²) < 4.78 is 8.02. The minimum atomic E-state index is 0.410. The molecule has 0 atom stereocenters. The summed E-state index contributed by atoms with van der Waals surface area (Å²) in [4.78, 5) is 0. The normalized spacial score (nSPS) is 10.8. The largest absolute Gasteiger partial charge is 0.486 e. The van der Waals surface area contributed by atoms with E-state index in [2.05, 4.69) is 52.9 Å².